The summed E-state index contributed by atoms with van der Waals surface area (Å²) in [5.74, 6) is 0.594. The van der Waals surface area contributed by atoms with E-state index >= 15 is 0 Å². The van der Waals surface area contributed by atoms with Crippen molar-refractivity contribution in [3.63, 3.8) is 0 Å². The number of ether oxygens (including phenoxy) is 1. The molecule has 1 atom stereocenters. The molecule has 1 unspecified atom stereocenters. The zero-order valence-corrected chi connectivity index (χ0v) is 17.8. The molecule has 28 heavy (non-hydrogen) atoms. The molecule has 1 aromatic rings. The number of thioether (sulfide) groups is 1. The summed E-state index contributed by atoms with van der Waals surface area (Å²) in [5.41, 5.74) is 3.63. The maximum atomic E-state index is 13.4. The summed E-state index contributed by atoms with van der Waals surface area (Å²) in [6, 6.07) is 1.89. The molecule has 0 radical (unpaired) electrons. The van der Waals surface area contributed by atoms with Gasteiger partial charge in [0, 0.05) is 42.4 Å². The number of alkyl halides is 1. The van der Waals surface area contributed by atoms with Crippen LogP contribution in [-0.4, -0.2) is 49.6 Å². The average molecular weight is 406 g/mol. The Morgan fingerprint density at radius 3 is 2.61 bits per heavy atom. The smallest absolute Gasteiger partial charge is 0.198 e. The molecular weight excluding hydrogens is 377 g/mol. The highest BCUT2D eigenvalue weighted by atomic mass is 32.2. The summed E-state index contributed by atoms with van der Waals surface area (Å²) >= 11 is 1.75. The number of benzene rings is 1. The molecular formula is C22H28FNO3S. The van der Waals surface area contributed by atoms with Gasteiger partial charge in [-0.25, -0.2) is 4.39 Å². The predicted molar refractivity (Wildman–Crippen MR) is 110 cm³/mol. The third-order valence-corrected chi connectivity index (χ3v) is 6.48. The number of ketones is 2. The topological polar surface area (TPSA) is 46.6 Å². The number of allylic oxidation sites excluding steroid dienone is 1. The number of hydrogen-bond donors (Lipinski definition) is 0. The Kier molecular flexibility index (Phi) is 6.61. The van der Waals surface area contributed by atoms with Crippen molar-refractivity contribution >= 4 is 23.3 Å². The molecule has 2 aliphatic rings. The molecule has 0 bridgehead atoms. The molecule has 0 aromatic heterocycles. The second-order valence-electron chi connectivity index (χ2n) is 7.77. The van der Waals surface area contributed by atoms with Crippen LogP contribution in [0.2, 0.25) is 0 Å². The van der Waals surface area contributed by atoms with Crippen molar-refractivity contribution in [2.45, 2.75) is 44.1 Å². The van der Waals surface area contributed by atoms with Crippen LogP contribution in [0.4, 0.5) is 4.39 Å². The highest BCUT2D eigenvalue weighted by Crippen LogP contribution is 2.43. The lowest BCUT2D eigenvalue weighted by molar-refractivity contribution is -0.116. The predicted octanol–water partition coefficient (Wildman–Crippen LogP) is 4.43. The van der Waals surface area contributed by atoms with Gasteiger partial charge in [0.2, 0.25) is 0 Å². The number of Topliss-reactive ketones (excluding diaryl/α,β-unsaturated/α-hetero) is 2. The average Bonchev–Trinajstić information content (AvgIpc) is 3.51. The molecule has 0 amide bonds. The quantitative estimate of drug-likeness (QED) is 0.277. The van der Waals surface area contributed by atoms with Crippen LogP contribution in [0.1, 0.15) is 52.4 Å². The molecule has 1 aliphatic carbocycles. The standard InChI is InChI=1S/C22H28FNO3S/c1-13-11-16(21(26)17(12-24(3)4)20(25)15-5-6-15)14(2)19-18(27-9-8-23)7-10-28-22(13)19/h11-12,15,18H,5-10H2,1-4H3/b17-12+. The van der Waals surface area contributed by atoms with Crippen molar-refractivity contribution < 1.29 is 18.7 Å². The highest BCUT2D eigenvalue weighted by molar-refractivity contribution is 7.99. The van der Waals surface area contributed by atoms with Gasteiger partial charge in [-0.05, 0) is 55.9 Å². The third kappa shape index (κ3) is 4.33. The van der Waals surface area contributed by atoms with Crippen LogP contribution in [0.15, 0.2) is 22.7 Å². The van der Waals surface area contributed by atoms with Crippen molar-refractivity contribution in [1.29, 1.82) is 0 Å². The Labute approximate surface area is 170 Å². The van der Waals surface area contributed by atoms with E-state index in [2.05, 4.69) is 0 Å². The van der Waals surface area contributed by atoms with Crippen molar-refractivity contribution in [2.75, 3.05) is 33.1 Å². The number of fused-ring (bicyclic) bond motifs is 1. The van der Waals surface area contributed by atoms with E-state index in [0.29, 0.717) is 5.56 Å². The monoisotopic (exact) mass is 405 g/mol. The molecule has 3 rings (SSSR count). The van der Waals surface area contributed by atoms with E-state index in [0.717, 1.165) is 46.6 Å². The van der Waals surface area contributed by atoms with Gasteiger partial charge in [-0.1, -0.05) is 0 Å². The van der Waals surface area contributed by atoms with Gasteiger partial charge in [-0.2, -0.15) is 0 Å². The normalized spacial score (nSPS) is 19.3. The minimum atomic E-state index is -0.527. The van der Waals surface area contributed by atoms with Gasteiger partial charge >= 0.3 is 0 Å². The number of rotatable bonds is 8. The van der Waals surface area contributed by atoms with Gasteiger partial charge in [0.25, 0.3) is 0 Å². The number of carbonyl (C=O) groups is 2. The largest absolute Gasteiger partial charge is 0.383 e. The fraction of sp³-hybridized carbons (Fsp3) is 0.545. The highest BCUT2D eigenvalue weighted by Gasteiger charge is 2.36. The second-order valence-corrected chi connectivity index (χ2v) is 8.87. The SMILES string of the molecule is Cc1cc(C(=O)/C(=C/N(C)C)C(=O)C2CC2)c(C)c2c1SCCC2OCCF. The van der Waals surface area contributed by atoms with Crippen LogP contribution in [0.25, 0.3) is 0 Å². The number of aryl methyl sites for hydroxylation is 1. The summed E-state index contributed by atoms with van der Waals surface area (Å²) in [4.78, 5) is 29.0. The van der Waals surface area contributed by atoms with Gasteiger partial charge in [-0.3, -0.25) is 9.59 Å². The zero-order chi connectivity index (χ0) is 20.4. The number of halogens is 1. The molecule has 1 saturated carbocycles. The second kappa shape index (κ2) is 8.78. The van der Waals surface area contributed by atoms with E-state index in [-0.39, 0.29) is 35.8 Å². The van der Waals surface area contributed by atoms with Gasteiger partial charge in [0.05, 0.1) is 18.3 Å². The summed E-state index contributed by atoms with van der Waals surface area (Å²) < 4.78 is 18.4. The summed E-state index contributed by atoms with van der Waals surface area (Å²) in [5, 5.41) is 0. The number of carbonyl (C=O) groups excluding carboxylic acids is 2. The molecule has 1 aromatic carbocycles. The fourth-order valence-corrected chi connectivity index (χ4v) is 4.96. The van der Waals surface area contributed by atoms with E-state index < -0.39 is 6.67 Å². The lowest BCUT2D eigenvalue weighted by Gasteiger charge is -2.29. The summed E-state index contributed by atoms with van der Waals surface area (Å²) in [7, 11) is 3.63. The Morgan fingerprint density at radius 2 is 2.00 bits per heavy atom. The maximum absolute atomic E-state index is 13.4. The van der Waals surface area contributed by atoms with E-state index in [1.807, 2.05) is 34.0 Å². The summed E-state index contributed by atoms with van der Waals surface area (Å²) in [6.45, 7) is 3.42. The Balaban J connectivity index is 2.05. The molecule has 0 spiro atoms. The lowest BCUT2D eigenvalue weighted by atomic mass is 9.88. The Hall–Kier alpha value is -1.66. The molecule has 0 N–H and O–H groups in total. The van der Waals surface area contributed by atoms with Crippen molar-refractivity contribution in [2.24, 2.45) is 5.92 Å². The molecule has 6 heteroatoms. The van der Waals surface area contributed by atoms with Gasteiger partial charge < -0.3 is 9.64 Å². The third-order valence-electron chi connectivity index (χ3n) is 5.21. The molecule has 0 saturated heterocycles. The number of hydrogen-bond acceptors (Lipinski definition) is 5. The zero-order valence-electron chi connectivity index (χ0n) is 17.0. The first-order valence-electron chi connectivity index (χ1n) is 9.76. The Bertz CT molecular complexity index is 814. The first-order valence-corrected chi connectivity index (χ1v) is 10.7. The van der Waals surface area contributed by atoms with Crippen LogP contribution < -0.4 is 0 Å². The van der Waals surface area contributed by atoms with Crippen LogP contribution in [0, 0.1) is 19.8 Å². The first-order chi connectivity index (χ1) is 13.3. The fourth-order valence-electron chi connectivity index (χ4n) is 3.70. The van der Waals surface area contributed by atoms with E-state index in [4.69, 9.17) is 4.74 Å². The maximum Gasteiger partial charge on any atom is 0.198 e. The van der Waals surface area contributed by atoms with Crippen molar-refractivity contribution in [3.05, 3.63) is 40.1 Å². The molecule has 1 heterocycles. The van der Waals surface area contributed by atoms with Gasteiger partial charge in [-0.15, -0.1) is 11.8 Å². The minimum Gasteiger partial charge on any atom is -0.383 e. The van der Waals surface area contributed by atoms with E-state index in [1.165, 1.54) is 0 Å². The molecule has 4 nitrogen and oxygen atoms in total. The van der Waals surface area contributed by atoms with Crippen molar-refractivity contribution in [3.8, 4) is 0 Å². The van der Waals surface area contributed by atoms with Crippen LogP contribution in [0.3, 0.4) is 0 Å². The minimum absolute atomic E-state index is 0.0228. The van der Waals surface area contributed by atoms with Gasteiger partial charge in [0.15, 0.2) is 11.6 Å². The van der Waals surface area contributed by atoms with E-state index in [9.17, 15) is 14.0 Å². The van der Waals surface area contributed by atoms with Gasteiger partial charge in [0.1, 0.15) is 6.67 Å². The van der Waals surface area contributed by atoms with Crippen molar-refractivity contribution in [1.82, 2.24) is 4.90 Å². The van der Waals surface area contributed by atoms with Crippen LogP contribution in [0.5, 0.6) is 0 Å². The lowest BCUT2D eigenvalue weighted by Crippen LogP contribution is -2.22. The summed E-state index contributed by atoms with van der Waals surface area (Å²) in [6.07, 6.45) is 3.93. The van der Waals surface area contributed by atoms with E-state index in [1.54, 1.807) is 22.9 Å². The van der Waals surface area contributed by atoms with Crippen LogP contribution >= 0.6 is 11.8 Å². The molecule has 1 aliphatic heterocycles. The first kappa shape index (κ1) is 21.1. The molecule has 1 fully saturated rings. The number of nitrogens with zero attached hydrogens (tertiary/aromatic N) is 1. The van der Waals surface area contributed by atoms with Crippen LogP contribution in [-0.2, 0) is 9.53 Å². The Morgan fingerprint density at radius 1 is 1.29 bits per heavy atom. The molecule has 152 valence electrons.